The fraction of sp³-hybridized carbons (Fsp3) is 0.176. The van der Waals surface area contributed by atoms with Gasteiger partial charge in [0.05, 0.1) is 0 Å². The lowest BCUT2D eigenvalue weighted by atomic mass is 9.89. The standard InChI is InChI=1S/C17H15FO2/c1-10-7-14(9-19)16(12(3)11(10)2)17(20)13-5-4-6-15(18)8-13/h4-9H,1-3H3. The lowest BCUT2D eigenvalue weighted by Gasteiger charge is -2.13. The van der Waals surface area contributed by atoms with Crippen molar-refractivity contribution >= 4 is 12.1 Å². The van der Waals surface area contributed by atoms with Crippen LogP contribution in [0.4, 0.5) is 4.39 Å². The molecule has 0 bridgehead atoms. The molecule has 102 valence electrons. The average Bonchev–Trinajstić information content (AvgIpc) is 2.43. The van der Waals surface area contributed by atoms with Crippen molar-refractivity contribution in [2.75, 3.05) is 0 Å². The molecule has 0 unspecified atom stereocenters. The number of hydrogen-bond acceptors (Lipinski definition) is 2. The Morgan fingerprint density at radius 3 is 2.40 bits per heavy atom. The quantitative estimate of drug-likeness (QED) is 0.628. The van der Waals surface area contributed by atoms with Gasteiger partial charge in [0.25, 0.3) is 0 Å². The molecule has 0 spiro atoms. The van der Waals surface area contributed by atoms with Gasteiger partial charge in [0.2, 0.25) is 0 Å². The highest BCUT2D eigenvalue weighted by molar-refractivity contribution is 6.14. The molecule has 0 aliphatic heterocycles. The monoisotopic (exact) mass is 270 g/mol. The number of carbonyl (C=O) groups is 2. The molecule has 0 aliphatic carbocycles. The van der Waals surface area contributed by atoms with Gasteiger partial charge in [0.15, 0.2) is 12.1 Å². The average molecular weight is 270 g/mol. The smallest absolute Gasteiger partial charge is 0.194 e. The lowest BCUT2D eigenvalue weighted by molar-refractivity contribution is 0.102. The number of ketones is 1. The van der Waals surface area contributed by atoms with Crippen LogP contribution in [0.25, 0.3) is 0 Å². The maximum atomic E-state index is 13.2. The van der Waals surface area contributed by atoms with E-state index in [1.807, 2.05) is 20.8 Å². The molecule has 2 aromatic rings. The molecule has 2 aromatic carbocycles. The maximum absolute atomic E-state index is 13.2. The van der Waals surface area contributed by atoms with Crippen molar-refractivity contribution in [3.05, 3.63) is 69.5 Å². The third-order valence-corrected chi connectivity index (χ3v) is 3.63. The normalized spacial score (nSPS) is 10.4. The highest BCUT2D eigenvalue weighted by Crippen LogP contribution is 2.24. The van der Waals surface area contributed by atoms with Crippen molar-refractivity contribution in [2.24, 2.45) is 0 Å². The molecular formula is C17H15FO2. The van der Waals surface area contributed by atoms with Gasteiger partial charge in [0, 0.05) is 16.7 Å². The van der Waals surface area contributed by atoms with Crippen LogP contribution in [-0.4, -0.2) is 12.1 Å². The van der Waals surface area contributed by atoms with E-state index < -0.39 is 5.82 Å². The van der Waals surface area contributed by atoms with E-state index >= 15 is 0 Å². The SMILES string of the molecule is Cc1cc(C=O)c(C(=O)c2cccc(F)c2)c(C)c1C. The van der Waals surface area contributed by atoms with E-state index in [9.17, 15) is 14.0 Å². The minimum absolute atomic E-state index is 0.249. The van der Waals surface area contributed by atoms with Crippen molar-refractivity contribution in [3.8, 4) is 0 Å². The summed E-state index contributed by atoms with van der Waals surface area (Å²) < 4.78 is 13.2. The molecule has 0 atom stereocenters. The first-order valence-electron chi connectivity index (χ1n) is 6.32. The summed E-state index contributed by atoms with van der Waals surface area (Å²) in [6.45, 7) is 5.61. The van der Waals surface area contributed by atoms with Crippen molar-refractivity contribution in [1.82, 2.24) is 0 Å². The van der Waals surface area contributed by atoms with Gasteiger partial charge in [-0.2, -0.15) is 0 Å². The molecule has 0 saturated heterocycles. The minimum atomic E-state index is -0.468. The van der Waals surface area contributed by atoms with Crippen LogP contribution in [0.5, 0.6) is 0 Å². The van der Waals surface area contributed by atoms with Crippen LogP contribution >= 0.6 is 0 Å². The summed E-state index contributed by atoms with van der Waals surface area (Å²) in [5.74, 6) is -0.794. The van der Waals surface area contributed by atoms with Crippen molar-refractivity contribution in [3.63, 3.8) is 0 Å². The molecule has 0 amide bonds. The van der Waals surface area contributed by atoms with E-state index in [2.05, 4.69) is 0 Å². The predicted molar refractivity (Wildman–Crippen MR) is 75.9 cm³/mol. The molecular weight excluding hydrogens is 255 g/mol. The van der Waals surface area contributed by atoms with Crippen molar-refractivity contribution in [1.29, 1.82) is 0 Å². The van der Waals surface area contributed by atoms with E-state index in [4.69, 9.17) is 0 Å². The maximum Gasteiger partial charge on any atom is 0.194 e. The molecule has 3 heteroatoms. The third kappa shape index (κ3) is 2.39. The molecule has 2 rings (SSSR count). The Kier molecular flexibility index (Phi) is 3.79. The Balaban J connectivity index is 2.66. The summed E-state index contributed by atoms with van der Waals surface area (Å²) in [7, 11) is 0. The first-order valence-corrected chi connectivity index (χ1v) is 6.32. The number of rotatable bonds is 3. The Labute approximate surface area is 117 Å². The van der Waals surface area contributed by atoms with Gasteiger partial charge in [-0.15, -0.1) is 0 Å². The number of aryl methyl sites for hydroxylation is 1. The first-order chi connectivity index (χ1) is 9.45. The third-order valence-electron chi connectivity index (χ3n) is 3.63. The first kappa shape index (κ1) is 14.1. The zero-order valence-corrected chi connectivity index (χ0v) is 11.7. The van der Waals surface area contributed by atoms with E-state index in [1.165, 1.54) is 18.2 Å². The van der Waals surface area contributed by atoms with Crippen LogP contribution in [-0.2, 0) is 0 Å². The number of carbonyl (C=O) groups excluding carboxylic acids is 2. The van der Waals surface area contributed by atoms with Gasteiger partial charge < -0.3 is 0 Å². The fourth-order valence-electron chi connectivity index (χ4n) is 2.28. The van der Waals surface area contributed by atoms with Crippen LogP contribution in [0, 0.1) is 26.6 Å². The van der Waals surface area contributed by atoms with Crippen LogP contribution in [0.1, 0.15) is 43.0 Å². The molecule has 0 N–H and O–H groups in total. The van der Waals surface area contributed by atoms with Gasteiger partial charge in [-0.05, 0) is 55.7 Å². The molecule has 20 heavy (non-hydrogen) atoms. The number of halogens is 1. The van der Waals surface area contributed by atoms with Crippen LogP contribution < -0.4 is 0 Å². The summed E-state index contributed by atoms with van der Waals surface area (Å²) in [6.07, 6.45) is 0.673. The summed E-state index contributed by atoms with van der Waals surface area (Å²) in [5, 5.41) is 0. The van der Waals surface area contributed by atoms with Crippen molar-refractivity contribution < 1.29 is 14.0 Å². The second-order valence-electron chi connectivity index (χ2n) is 4.87. The molecule has 2 nitrogen and oxygen atoms in total. The summed E-state index contributed by atoms with van der Waals surface area (Å²) in [6, 6.07) is 7.20. The van der Waals surface area contributed by atoms with Gasteiger partial charge in [0.1, 0.15) is 5.82 Å². The van der Waals surface area contributed by atoms with Gasteiger partial charge in [-0.1, -0.05) is 12.1 Å². The van der Waals surface area contributed by atoms with Gasteiger partial charge in [-0.3, -0.25) is 9.59 Å². The summed E-state index contributed by atoms with van der Waals surface area (Å²) >= 11 is 0. The molecule has 0 fully saturated rings. The molecule has 0 aliphatic rings. The Morgan fingerprint density at radius 1 is 1.10 bits per heavy atom. The number of aldehydes is 1. The second kappa shape index (κ2) is 5.37. The Bertz CT molecular complexity index is 702. The van der Waals surface area contributed by atoms with Gasteiger partial charge in [-0.25, -0.2) is 4.39 Å². The second-order valence-corrected chi connectivity index (χ2v) is 4.87. The van der Waals surface area contributed by atoms with Crippen molar-refractivity contribution in [2.45, 2.75) is 20.8 Å². The highest BCUT2D eigenvalue weighted by atomic mass is 19.1. The fourth-order valence-corrected chi connectivity index (χ4v) is 2.28. The van der Waals surface area contributed by atoms with E-state index in [1.54, 1.807) is 12.1 Å². The molecule has 0 saturated carbocycles. The highest BCUT2D eigenvalue weighted by Gasteiger charge is 2.19. The van der Waals surface area contributed by atoms with Crippen LogP contribution in [0.2, 0.25) is 0 Å². The zero-order chi connectivity index (χ0) is 14.9. The summed E-state index contributed by atoms with van der Waals surface area (Å²) in [5.41, 5.74) is 3.64. The Morgan fingerprint density at radius 2 is 1.80 bits per heavy atom. The van der Waals surface area contributed by atoms with E-state index in [-0.39, 0.29) is 11.3 Å². The Hall–Kier alpha value is -2.29. The lowest BCUT2D eigenvalue weighted by Crippen LogP contribution is -2.10. The summed E-state index contributed by atoms with van der Waals surface area (Å²) in [4.78, 5) is 23.8. The zero-order valence-electron chi connectivity index (χ0n) is 11.7. The van der Waals surface area contributed by atoms with Gasteiger partial charge >= 0.3 is 0 Å². The molecule has 0 heterocycles. The number of hydrogen-bond donors (Lipinski definition) is 0. The van der Waals surface area contributed by atoms with Crippen LogP contribution in [0.3, 0.4) is 0 Å². The van der Waals surface area contributed by atoms with E-state index in [0.29, 0.717) is 17.4 Å². The number of benzene rings is 2. The van der Waals surface area contributed by atoms with Crippen LogP contribution in [0.15, 0.2) is 30.3 Å². The predicted octanol–water partition coefficient (Wildman–Crippen LogP) is 3.79. The molecule has 0 radical (unpaired) electrons. The topological polar surface area (TPSA) is 34.1 Å². The largest absolute Gasteiger partial charge is 0.298 e. The molecule has 0 aromatic heterocycles. The van der Waals surface area contributed by atoms with E-state index in [0.717, 1.165) is 16.7 Å². The minimum Gasteiger partial charge on any atom is -0.298 e.